The highest BCUT2D eigenvalue weighted by Crippen LogP contribution is 2.47. The largest absolute Gasteiger partial charge is 0.458 e. The number of Topliss-reactive ketones (excluding diaryl/α,β-unsaturated/α-hetero) is 4. The van der Waals surface area contributed by atoms with Gasteiger partial charge in [0.1, 0.15) is 25.7 Å². The number of nitrogens with two attached hydrogens (primary N) is 1. The molecule has 0 saturated heterocycles. The zero-order valence-corrected chi connectivity index (χ0v) is 48.1. The van der Waals surface area contributed by atoms with Gasteiger partial charge in [0, 0.05) is 86.1 Å². The van der Waals surface area contributed by atoms with Gasteiger partial charge in [-0.2, -0.15) is 0 Å². The summed E-state index contributed by atoms with van der Waals surface area (Å²) in [7, 11) is 0. The summed E-state index contributed by atoms with van der Waals surface area (Å²) in [5.41, 5.74) is 11.3. The van der Waals surface area contributed by atoms with Crippen LogP contribution in [0.2, 0.25) is 0 Å². The number of nitrogens with one attached hydrogen (secondary N) is 3. The predicted molar refractivity (Wildman–Crippen MR) is 308 cm³/mol. The Bertz CT molecular complexity index is 3330. The third kappa shape index (κ3) is 14.5. The number of hydrogen-bond donors (Lipinski definition) is 5. The molecule has 0 unspecified atom stereocenters. The summed E-state index contributed by atoms with van der Waals surface area (Å²) in [6.07, 6.45) is 6.58. The van der Waals surface area contributed by atoms with E-state index in [-0.39, 0.29) is 143 Å². The van der Waals surface area contributed by atoms with Gasteiger partial charge in [0.2, 0.25) is 17.7 Å². The fourth-order valence-electron chi connectivity index (χ4n) is 11.9. The number of nitrogens with zero attached hydrogens (tertiary/aromatic N) is 3. The number of pyridine rings is 2. The molecule has 8 rings (SSSR count). The van der Waals surface area contributed by atoms with Crippen LogP contribution in [0.1, 0.15) is 154 Å². The van der Waals surface area contributed by atoms with Crippen LogP contribution in [0.25, 0.3) is 22.3 Å². The molecule has 0 radical (unpaired) electrons. The number of ketones is 4. The van der Waals surface area contributed by atoms with Crippen molar-refractivity contribution < 1.29 is 62.5 Å². The molecule has 5 amide bonds. The molecule has 1 aliphatic carbocycles. The van der Waals surface area contributed by atoms with Crippen LogP contribution in [0.4, 0.5) is 0 Å². The number of hydrogen-bond acceptors (Lipinski definition) is 16. The molecule has 21 nitrogen and oxygen atoms in total. The summed E-state index contributed by atoms with van der Waals surface area (Å²) in [5, 5.41) is 20.4. The maximum absolute atomic E-state index is 14.1. The molecular weight excluding hydrogens is 1080 g/mol. The zero-order valence-electron chi connectivity index (χ0n) is 48.1. The van der Waals surface area contributed by atoms with E-state index in [4.69, 9.17) is 20.2 Å². The van der Waals surface area contributed by atoms with Crippen molar-refractivity contribution in [3.05, 3.63) is 109 Å². The molecule has 2 aromatic carbocycles. The van der Waals surface area contributed by atoms with Crippen LogP contribution in [-0.2, 0) is 89.0 Å². The normalized spacial score (nSPS) is 17.3. The van der Waals surface area contributed by atoms with Crippen LogP contribution in [0.3, 0.4) is 0 Å². The molecule has 0 spiro atoms. The first-order valence-corrected chi connectivity index (χ1v) is 29.2. The number of aliphatic hydroxyl groups is 1. The van der Waals surface area contributed by atoms with E-state index < -0.39 is 52.8 Å². The number of ether oxygens (including phenoxy) is 2. The molecule has 3 aliphatic heterocycles. The van der Waals surface area contributed by atoms with E-state index in [9.17, 15) is 57.8 Å². The van der Waals surface area contributed by atoms with Gasteiger partial charge in [0.25, 0.3) is 17.4 Å². The Labute approximate surface area is 486 Å². The first kappa shape index (κ1) is 62.2. The number of aromatic nitrogens is 2. The fraction of sp³-hybridized carbons (Fsp3) is 0.492. The van der Waals surface area contributed by atoms with Crippen LogP contribution < -0.4 is 27.2 Å². The second kappa shape index (κ2) is 28.1. The van der Waals surface area contributed by atoms with Crippen LogP contribution in [-0.4, -0.2) is 117 Å². The Hall–Kier alpha value is -7.88. The molecule has 4 aliphatic rings. The summed E-state index contributed by atoms with van der Waals surface area (Å²) < 4.78 is 12.5. The minimum Gasteiger partial charge on any atom is -0.458 e. The lowest BCUT2D eigenvalue weighted by Gasteiger charge is -2.31. The lowest BCUT2D eigenvalue weighted by Crippen LogP contribution is -2.44. The maximum Gasteiger partial charge on any atom is 0.343 e. The second-order valence-corrected chi connectivity index (χ2v) is 22.4. The van der Waals surface area contributed by atoms with Gasteiger partial charge in [-0.1, -0.05) is 50.1 Å². The minimum atomic E-state index is -1.98. The molecule has 21 heteroatoms. The van der Waals surface area contributed by atoms with Crippen LogP contribution in [0, 0.1) is 19.8 Å². The lowest BCUT2D eigenvalue weighted by atomic mass is 9.76. The van der Waals surface area contributed by atoms with Crippen molar-refractivity contribution in [3.63, 3.8) is 0 Å². The molecule has 84 heavy (non-hydrogen) atoms. The van der Waals surface area contributed by atoms with E-state index in [1.165, 1.54) is 12.2 Å². The van der Waals surface area contributed by atoms with Crippen molar-refractivity contribution >= 4 is 69.5 Å². The standard InChI is InChI=1S/C63H75N7O14/c1-4-63(82)48-31-51-59-46(33-70(51)61(80)47(48)35-84-62(63)81)57-40(17-19-45-38(3)37(2)27-50(68-59)58(45)57)29-44(73)34-83-36-66-53(75)22-20-52(74)49(28-39-13-7-5-8-14-39)67-54(76)21-18-43(72)32-65-60(79)41(15-10-11-25-64)30-42(71)16-9-6-12-26-69-55(77)23-24-56(69)78/h5,7-8,13-14,23-24,27,31,40-41,49,82H,4,6,9-12,15-22,25-26,28-30,32-36,64H2,1-3H3,(H,65,79)(H,66,75)(H,67,76)/t40-,41-,49+,63+/m1/s1. The number of rotatable bonds is 32. The molecule has 6 N–H and O–H groups in total. The van der Waals surface area contributed by atoms with Crippen LogP contribution in [0.5, 0.6) is 0 Å². The third-order valence-electron chi connectivity index (χ3n) is 16.7. The number of amides is 5. The van der Waals surface area contributed by atoms with Crippen molar-refractivity contribution in [1.29, 1.82) is 0 Å². The molecule has 446 valence electrons. The van der Waals surface area contributed by atoms with Crippen molar-refractivity contribution in [3.8, 4) is 11.4 Å². The van der Waals surface area contributed by atoms with Crippen LogP contribution >= 0.6 is 0 Å². The fourth-order valence-corrected chi connectivity index (χ4v) is 11.9. The Kier molecular flexibility index (Phi) is 20.8. The average Bonchev–Trinajstić information content (AvgIpc) is 1.59. The topological polar surface area (TPSA) is 310 Å². The summed E-state index contributed by atoms with van der Waals surface area (Å²) in [4.78, 5) is 149. The van der Waals surface area contributed by atoms with E-state index in [0.29, 0.717) is 69.3 Å². The van der Waals surface area contributed by atoms with Gasteiger partial charge < -0.3 is 40.8 Å². The van der Waals surface area contributed by atoms with Gasteiger partial charge in [-0.15, -0.1) is 0 Å². The molecule has 4 aromatic rings. The first-order valence-electron chi connectivity index (χ1n) is 29.2. The number of imide groups is 1. The number of cyclic esters (lactones) is 1. The van der Waals surface area contributed by atoms with E-state index in [1.807, 2.05) is 19.1 Å². The third-order valence-corrected chi connectivity index (χ3v) is 16.7. The molecule has 0 bridgehead atoms. The van der Waals surface area contributed by atoms with Gasteiger partial charge in [-0.25, -0.2) is 9.78 Å². The SMILES string of the molecule is CC[C@@]1(O)C(=O)OCc2c1cc1n(c2=O)Cc2c-1nc1cc(C)c(C)c3c1c2[C@@H](CC(=O)COCNC(=O)CCC(=O)[C@H](Cc1ccccc1)NC(=O)CCC(=O)CNC(=O)[C@H](CCCCN)CC(=O)CCCCCN1C(=O)C=CC1=O)CC3. The highest BCUT2D eigenvalue weighted by molar-refractivity contribution is 6.12. The van der Waals surface area contributed by atoms with Crippen molar-refractivity contribution in [1.82, 2.24) is 30.4 Å². The Morgan fingerprint density at radius 3 is 2.33 bits per heavy atom. The summed E-state index contributed by atoms with van der Waals surface area (Å²) in [6.45, 7) is 5.37. The molecular formula is C63H75N7O14. The van der Waals surface area contributed by atoms with Crippen molar-refractivity contribution in [2.24, 2.45) is 11.7 Å². The highest BCUT2D eigenvalue weighted by Gasteiger charge is 2.46. The molecule has 4 atom stereocenters. The van der Waals surface area contributed by atoms with Crippen molar-refractivity contribution in [2.75, 3.05) is 33.0 Å². The Morgan fingerprint density at radius 2 is 1.60 bits per heavy atom. The Balaban J connectivity index is 0.794. The zero-order chi connectivity index (χ0) is 60.2. The van der Waals surface area contributed by atoms with Crippen LogP contribution in [0.15, 0.2) is 59.4 Å². The Morgan fingerprint density at radius 1 is 0.845 bits per heavy atom. The monoisotopic (exact) mass is 1150 g/mol. The molecule has 0 saturated carbocycles. The lowest BCUT2D eigenvalue weighted by molar-refractivity contribution is -0.172. The van der Waals surface area contributed by atoms with Gasteiger partial charge in [-0.3, -0.25) is 52.8 Å². The molecule has 2 aromatic heterocycles. The summed E-state index contributed by atoms with van der Waals surface area (Å²) >= 11 is 0. The number of carbonyl (C=O) groups is 10. The van der Waals surface area contributed by atoms with E-state index >= 15 is 0 Å². The minimum absolute atomic E-state index is 0.00808. The number of carbonyl (C=O) groups excluding carboxylic acids is 10. The second-order valence-electron chi connectivity index (χ2n) is 22.4. The van der Waals surface area contributed by atoms with E-state index in [2.05, 4.69) is 22.9 Å². The number of benzene rings is 2. The van der Waals surface area contributed by atoms with Gasteiger partial charge in [0.05, 0.1) is 41.6 Å². The maximum atomic E-state index is 14.1. The first-order chi connectivity index (χ1) is 40.3. The quantitative estimate of drug-likeness (QED) is 0.0171. The highest BCUT2D eigenvalue weighted by atomic mass is 16.6. The van der Waals surface area contributed by atoms with E-state index in [1.54, 1.807) is 41.8 Å². The molecule has 5 heterocycles. The number of aryl methyl sites for hydroxylation is 2. The molecule has 0 fully saturated rings. The van der Waals surface area contributed by atoms with Gasteiger partial charge >= 0.3 is 5.97 Å². The van der Waals surface area contributed by atoms with E-state index in [0.717, 1.165) is 49.2 Å². The van der Waals surface area contributed by atoms with Gasteiger partial charge in [-0.05, 0) is 118 Å². The predicted octanol–water partition coefficient (Wildman–Crippen LogP) is 4.51. The summed E-state index contributed by atoms with van der Waals surface area (Å²) in [6, 6.07) is 11.6. The smallest absolute Gasteiger partial charge is 0.343 e. The summed E-state index contributed by atoms with van der Waals surface area (Å²) in [5.74, 6) is -5.20. The van der Waals surface area contributed by atoms with Crippen molar-refractivity contribution in [2.45, 2.75) is 161 Å². The number of esters is 1. The van der Waals surface area contributed by atoms with Gasteiger partial charge in [0.15, 0.2) is 23.0 Å². The average molecular weight is 1150 g/mol. The number of unbranched alkanes of at least 4 members (excludes halogenated alkanes) is 3. The number of fused-ring (bicyclic) bond motifs is 5.